The number of hydrogen-bond donors (Lipinski definition) is 10. The first-order valence-corrected chi connectivity index (χ1v) is 7.64. The zero-order valence-electron chi connectivity index (χ0n) is 8.78. The minimum absolute atomic E-state index is 0.0880. The third-order valence-corrected chi connectivity index (χ3v) is 0.830. The summed E-state index contributed by atoms with van der Waals surface area (Å²) in [7, 11) is -9.22. The Balaban J connectivity index is 0. The molecular formula is C6H14O10Si2. The molecule has 106 valence electrons. The van der Waals surface area contributed by atoms with E-state index in [9.17, 15) is 0 Å². The highest BCUT2D eigenvalue weighted by molar-refractivity contribution is 6.47. The van der Waals surface area contributed by atoms with Gasteiger partial charge in [0.05, 0.1) is 0 Å². The van der Waals surface area contributed by atoms with Crippen molar-refractivity contribution in [3.05, 3.63) is 24.3 Å². The zero-order chi connectivity index (χ0) is 15.0. The lowest BCUT2D eigenvalue weighted by molar-refractivity contribution is 0.115. The van der Waals surface area contributed by atoms with Gasteiger partial charge in [-0.05, 0) is 12.1 Å². The minimum Gasteiger partial charge on any atom is -0.508 e. The van der Waals surface area contributed by atoms with Gasteiger partial charge in [0.15, 0.2) is 0 Å². The molecule has 12 heteroatoms. The predicted molar refractivity (Wildman–Crippen MR) is 59.0 cm³/mol. The zero-order valence-corrected chi connectivity index (χ0v) is 10.8. The van der Waals surface area contributed by atoms with Crippen LogP contribution < -0.4 is 0 Å². The lowest BCUT2D eigenvalue weighted by Gasteiger charge is -1.91. The van der Waals surface area contributed by atoms with Crippen molar-refractivity contribution in [1.82, 2.24) is 0 Å². The minimum atomic E-state index is -4.61. The topological polar surface area (TPSA) is 202 Å². The second kappa shape index (κ2) is 8.11. The summed E-state index contributed by atoms with van der Waals surface area (Å²) in [6, 6.07) is 5.85. The number of hydrogen-bond acceptors (Lipinski definition) is 10. The second-order valence-corrected chi connectivity index (χ2v) is 5.12. The van der Waals surface area contributed by atoms with E-state index >= 15 is 0 Å². The Bertz CT molecular complexity index is 291. The fourth-order valence-corrected chi connectivity index (χ4v) is 0.493. The van der Waals surface area contributed by atoms with Crippen molar-refractivity contribution in [2.75, 3.05) is 0 Å². The molecule has 0 fully saturated rings. The monoisotopic (exact) mass is 302 g/mol. The Morgan fingerprint density at radius 3 is 0.944 bits per heavy atom. The van der Waals surface area contributed by atoms with E-state index in [1.165, 1.54) is 18.2 Å². The van der Waals surface area contributed by atoms with Gasteiger partial charge in [-0.1, -0.05) is 6.07 Å². The van der Waals surface area contributed by atoms with Gasteiger partial charge in [-0.15, -0.1) is 0 Å². The van der Waals surface area contributed by atoms with E-state index < -0.39 is 18.1 Å². The molecule has 1 aromatic carbocycles. The van der Waals surface area contributed by atoms with Gasteiger partial charge in [0.1, 0.15) is 11.5 Å². The summed E-state index contributed by atoms with van der Waals surface area (Å²) in [6.07, 6.45) is 0. The molecule has 10 nitrogen and oxygen atoms in total. The highest BCUT2D eigenvalue weighted by Crippen LogP contribution is 2.14. The van der Waals surface area contributed by atoms with E-state index in [1.807, 2.05) is 0 Å². The van der Waals surface area contributed by atoms with E-state index in [4.69, 9.17) is 48.6 Å². The van der Waals surface area contributed by atoms with E-state index in [1.54, 1.807) is 6.07 Å². The van der Waals surface area contributed by atoms with Crippen LogP contribution in [0.4, 0.5) is 0 Å². The molecule has 0 aliphatic carbocycles. The smallest absolute Gasteiger partial charge is 0.508 e. The second-order valence-electron chi connectivity index (χ2n) is 2.72. The lowest BCUT2D eigenvalue weighted by Crippen LogP contribution is -2.33. The van der Waals surface area contributed by atoms with Crippen LogP contribution >= 0.6 is 0 Å². The predicted octanol–water partition coefficient (Wildman–Crippen LogP) is -4.12. The summed E-state index contributed by atoms with van der Waals surface area (Å²) in [4.78, 5) is 58.6. The fraction of sp³-hybridized carbons (Fsp3) is 0. The van der Waals surface area contributed by atoms with Crippen molar-refractivity contribution in [3.8, 4) is 11.5 Å². The summed E-state index contributed by atoms with van der Waals surface area (Å²) in [6.45, 7) is 0. The maximum atomic E-state index is 8.65. The van der Waals surface area contributed by atoms with Crippen LogP contribution in [0.2, 0.25) is 0 Å². The number of phenolic OH excluding ortho intramolecular Hbond substituents is 2. The lowest BCUT2D eigenvalue weighted by atomic mass is 10.3. The highest BCUT2D eigenvalue weighted by atomic mass is 28.4. The molecule has 0 aliphatic heterocycles. The first-order valence-electron chi connectivity index (χ1n) is 4.06. The van der Waals surface area contributed by atoms with Crippen molar-refractivity contribution in [3.63, 3.8) is 0 Å². The number of aromatic hydroxyl groups is 2. The van der Waals surface area contributed by atoms with Crippen LogP contribution in [0, 0.1) is 0 Å². The quantitative estimate of drug-likeness (QED) is 0.210. The average molecular weight is 302 g/mol. The van der Waals surface area contributed by atoms with Gasteiger partial charge < -0.3 is 48.6 Å². The third-order valence-electron chi connectivity index (χ3n) is 0.830. The summed E-state index contributed by atoms with van der Waals surface area (Å²) < 4.78 is 0. The molecule has 0 saturated heterocycles. The van der Waals surface area contributed by atoms with Crippen molar-refractivity contribution in [1.29, 1.82) is 0 Å². The fourth-order valence-electron chi connectivity index (χ4n) is 0.493. The Morgan fingerprint density at radius 2 is 0.833 bits per heavy atom. The Kier molecular flexibility index (Phi) is 8.68. The van der Waals surface area contributed by atoms with E-state index in [0.29, 0.717) is 0 Å². The first kappa shape index (κ1) is 19.3. The van der Waals surface area contributed by atoms with Crippen LogP contribution in [-0.2, 0) is 0 Å². The Hall–Kier alpha value is -1.07. The van der Waals surface area contributed by atoms with E-state index in [0.717, 1.165) is 0 Å². The van der Waals surface area contributed by atoms with Gasteiger partial charge in [-0.2, -0.15) is 0 Å². The van der Waals surface area contributed by atoms with Crippen LogP contribution in [0.15, 0.2) is 24.3 Å². The molecule has 1 aromatic rings. The van der Waals surface area contributed by atoms with Gasteiger partial charge in [0.2, 0.25) is 0 Å². The maximum Gasteiger partial charge on any atom is 0.668 e. The molecule has 10 N–H and O–H groups in total. The molecule has 0 spiro atoms. The van der Waals surface area contributed by atoms with Gasteiger partial charge in [0.25, 0.3) is 0 Å². The summed E-state index contributed by atoms with van der Waals surface area (Å²) in [5.41, 5.74) is 0. The van der Waals surface area contributed by atoms with Crippen LogP contribution in [0.5, 0.6) is 11.5 Å². The van der Waals surface area contributed by atoms with Crippen molar-refractivity contribution in [2.24, 2.45) is 0 Å². The highest BCUT2D eigenvalue weighted by Gasteiger charge is 2.22. The van der Waals surface area contributed by atoms with Gasteiger partial charge in [-0.3, -0.25) is 0 Å². The van der Waals surface area contributed by atoms with E-state index in [2.05, 4.69) is 0 Å². The number of phenols is 2. The van der Waals surface area contributed by atoms with Crippen molar-refractivity contribution >= 4 is 18.1 Å². The summed E-state index contributed by atoms with van der Waals surface area (Å²) >= 11 is 0. The Morgan fingerprint density at radius 1 is 0.611 bits per heavy atom. The molecule has 0 amide bonds. The normalized spacial score (nSPS) is 10.7. The largest absolute Gasteiger partial charge is 0.668 e. The van der Waals surface area contributed by atoms with Crippen molar-refractivity contribution < 1.29 is 48.6 Å². The van der Waals surface area contributed by atoms with Gasteiger partial charge in [0, 0.05) is 6.07 Å². The molecule has 0 atom stereocenters. The molecule has 0 heterocycles. The summed E-state index contributed by atoms with van der Waals surface area (Å²) in [5.74, 6) is 0.176. The average Bonchev–Trinajstić information content (AvgIpc) is 1.95. The van der Waals surface area contributed by atoms with Gasteiger partial charge >= 0.3 is 18.1 Å². The maximum absolute atomic E-state index is 8.65. The van der Waals surface area contributed by atoms with Crippen LogP contribution in [0.1, 0.15) is 0 Å². The van der Waals surface area contributed by atoms with Crippen LogP contribution in [0.3, 0.4) is 0 Å². The number of rotatable bonds is 0. The molecular weight excluding hydrogens is 288 g/mol. The standard InChI is InChI=1S/C6H6O2.2H4O4Si/c7-5-2-1-3-6(8)4-5;2*1-5(2,3)4/h1-4,7-8H;2*1-4H. The van der Waals surface area contributed by atoms with Crippen LogP contribution in [0.25, 0.3) is 0 Å². The molecule has 0 bridgehead atoms. The van der Waals surface area contributed by atoms with Crippen LogP contribution in [-0.4, -0.2) is 66.7 Å². The number of benzene rings is 1. The van der Waals surface area contributed by atoms with Gasteiger partial charge in [-0.25, -0.2) is 0 Å². The third kappa shape index (κ3) is 36.3. The summed E-state index contributed by atoms with van der Waals surface area (Å²) in [5, 5.41) is 17.3. The molecule has 0 aliphatic rings. The molecule has 0 aromatic heterocycles. The first-order chi connectivity index (χ1) is 7.79. The molecule has 0 saturated carbocycles. The molecule has 0 radical (unpaired) electrons. The SMILES string of the molecule is O[Si](O)(O)O.O[Si](O)(O)O.Oc1cccc(O)c1. The molecule has 0 unspecified atom stereocenters. The molecule has 18 heavy (non-hydrogen) atoms. The molecule has 1 rings (SSSR count). The van der Waals surface area contributed by atoms with E-state index in [-0.39, 0.29) is 11.5 Å². The van der Waals surface area contributed by atoms with Crippen molar-refractivity contribution in [2.45, 2.75) is 0 Å². The Labute approximate surface area is 103 Å².